The Morgan fingerprint density at radius 1 is 1.18 bits per heavy atom. The summed E-state index contributed by atoms with van der Waals surface area (Å²) in [5.74, 6) is -0.339. The van der Waals surface area contributed by atoms with Crippen molar-refractivity contribution in [2.45, 2.75) is 25.7 Å². The minimum atomic E-state index is -0.977. The van der Waals surface area contributed by atoms with E-state index < -0.39 is 12.1 Å². The molecule has 0 radical (unpaired) electrons. The molecule has 0 saturated heterocycles. The minimum absolute atomic E-state index is 0. The predicted molar refractivity (Wildman–Crippen MR) is 107 cm³/mol. The van der Waals surface area contributed by atoms with Gasteiger partial charge in [-0.2, -0.15) is 0 Å². The Kier molecular flexibility index (Phi) is 6.52. The number of fused-ring (bicyclic) bond motifs is 2. The molecule has 4 rings (SSSR count). The Morgan fingerprint density at radius 3 is 2.75 bits per heavy atom. The van der Waals surface area contributed by atoms with Crippen molar-refractivity contribution >= 4 is 35.5 Å². The van der Waals surface area contributed by atoms with Gasteiger partial charge in [-0.15, -0.1) is 0 Å². The molecule has 3 aromatic rings. The molecule has 1 aliphatic heterocycles. The van der Waals surface area contributed by atoms with Crippen molar-refractivity contribution in [3.63, 3.8) is 0 Å². The first kappa shape index (κ1) is 20.6. The van der Waals surface area contributed by atoms with E-state index in [1.165, 1.54) is 0 Å². The van der Waals surface area contributed by atoms with Crippen LogP contribution in [0.2, 0.25) is 0 Å². The van der Waals surface area contributed by atoms with E-state index in [4.69, 9.17) is 9.47 Å². The first-order valence-electron chi connectivity index (χ1n) is 8.76. The average molecular weight is 385 g/mol. The fourth-order valence-electron chi connectivity index (χ4n) is 3.31. The molecule has 0 saturated carbocycles. The second kappa shape index (κ2) is 8.88. The van der Waals surface area contributed by atoms with Gasteiger partial charge in [-0.05, 0) is 47.9 Å². The maximum absolute atomic E-state index is 11.5. The van der Waals surface area contributed by atoms with Crippen LogP contribution in [0.5, 0.6) is 5.75 Å². The van der Waals surface area contributed by atoms with E-state index in [2.05, 4.69) is 4.98 Å². The van der Waals surface area contributed by atoms with E-state index in [9.17, 15) is 9.90 Å². The summed E-state index contributed by atoms with van der Waals surface area (Å²) in [4.78, 5) is 15.6. The van der Waals surface area contributed by atoms with Crippen molar-refractivity contribution in [1.29, 1.82) is 0 Å². The molecule has 2 heterocycles. The van der Waals surface area contributed by atoms with Crippen molar-refractivity contribution in [3.05, 3.63) is 94.8 Å². The fraction of sp³-hybridized carbons (Fsp3) is 0.182. The third-order valence-electron chi connectivity index (χ3n) is 4.75. The first-order valence-corrected chi connectivity index (χ1v) is 8.76. The Balaban J connectivity index is 0.00000225. The number of benzene rings is 2. The van der Waals surface area contributed by atoms with Gasteiger partial charge < -0.3 is 14.6 Å². The first-order chi connectivity index (χ1) is 13.1. The molecule has 5 nitrogen and oxygen atoms in total. The molecule has 2 atom stereocenters. The van der Waals surface area contributed by atoms with Gasteiger partial charge in [0.2, 0.25) is 0 Å². The van der Waals surface area contributed by atoms with Crippen LogP contribution in [0.15, 0.2) is 67.0 Å². The van der Waals surface area contributed by atoms with Gasteiger partial charge in [-0.3, -0.25) is 4.98 Å². The van der Waals surface area contributed by atoms with Crippen LogP contribution in [0.25, 0.3) is 0 Å². The number of carbonyl (C=O) groups is 1. The van der Waals surface area contributed by atoms with Crippen LogP contribution in [-0.4, -0.2) is 45.6 Å². The molecule has 2 aromatic carbocycles. The van der Waals surface area contributed by atoms with E-state index in [0.717, 1.165) is 22.3 Å². The van der Waals surface area contributed by atoms with Gasteiger partial charge in [0.25, 0.3) is 0 Å². The van der Waals surface area contributed by atoms with Crippen molar-refractivity contribution in [3.8, 4) is 5.75 Å². The molecule has 0 fully saturated rings. The van der Waals surface area contributed by atoms with E-state index in [-0.39, 0.29) is 41.2 Å². The zero-order valence-electron chi connectivity index (χ0n) is 14.8. The molecule has 138 valence electrons. The molecule has 1 aliphatic rings. The standard InChI is InChI=1S/C22H19NO4.Na.H/c1-14(16-6-4-10-23-12-16)27-21-18-7-3-2-5-17(18)13-26-20-9-8-15(22(24)25)11-19(20)21;;/h2-12,14,21H,13H2,1H3,(H,24,25);;. The van der Waals surface area contributed by atoms with Crippen molar-refractivity contribution in [2.24, 2.45) is 0 Å². The number of aromatic carboxylic acids is 1. The van der Waals surface area contributed by atoms with E-state index >= 15 is 0 Å². The number of rotatable bonds is 4. The van der Waals surface area contributed by atoms with Crippen LogP contribution in [-0.2, 0) is 11.3 Å². The van der Waals surface area contributed by atoms with Crippen molar-refractivity contribution < 1.29 is 19.4 Å². The molecule has 1 aromatic heterocycles. The molecule has 6 heteroatoms. The number of carboxylic acid groups (broad SMARTS) is 1. The second-order valence-electron chi connectivity index (χ2n) is 6.49. The third kappa shape index (κ3) is 4.13. The summed E-state index contributed by atoms with van der Waals surface area (Å²) >= 11 is 0. The number of aromatic nitrogens is 1. The second-order valence-corrected chi connectivity index (χ2v) is 6.49. The van der Waals surface area contributed by atoms with Crippen LogP contribution in [0, 0.1) is 0 Å². The summed E-state index contributed by atoms with van der Waals surface area (Å²) in [6, 6.07) is 16.7. The van der Waals surface area contributed by atoms with Gasteiger partial charge in [-0.25, -0.2) is 4.79 Å². The summed E-state index contributed by atoms with van der Waals surface area (Å²) in [5.41, 5.74) is 3.88. The maximum atomic E-state index is 11.5. The topological polar surface area (TPSA) is 68.7 Å². The Morgan fingerprint density at radius 2 is 2.00 bits per heavy atom. The van der Waals surface area contributed by atoms with Crippen LogP contribution in [0.4, 0.5) is 0 Å². The van der Waals surface area contributed by atoms with Crippen LogP contribution < -0.4 is 4.74 Å². The van der Waals surface area contributed by atoms with Gasteiger partial charge in [0.1, 0.15) is 18.5 Å². The molecular formula is C22H20NNaO4. The molecule has 0 amide bonds. The SMILES string of the molecule is CC(OC1c2ccccc2COc2ccc(C(=O)O)cc21)c1cccnc1.[NaH]. The monoisotopic (exact) mass is 385 g/mol. The Bertz CT molecular complexity index is 977. The average Bonchev–Trinajstić information content (AvgIpc) is 2.85. The number of hydrogen-bond donors (Lipinski definition) is 1. The number of ether oxygens (including phenoxy) is 2. The van der Waals surface area contributed by atoms with Crippen LogP contribution >= 0.6 is 0 Å². The van der Waals surface area contributed by atoms with Crippen LogP contribution in [0.3, 0.4) is 0 Å². The fourth-order valence-corrected chi connectivity index (χ4v) is 3.31. The Hall–Kier alpha value is -2.18. The molecule has 0 spiro atoms. The normalized spacial score (nSPS) is 15.8. The molecule has 28 heavy (non-hydrogen) atoms. The van der Waals surface area contributed by atoms with E-state index in [1.54, 1.807) is 30.6 Å². The molecular weight excluding hydrogens is 365 g/mol. The van der Waals surface area contributed by atoms with Crippen molar-refractivity contribution in [2.75, 3.05) is 0 Å². The molecule has 2 unspecified atom stereocenters. The van der Waals surface area contributed by atoms with Gasteiger partial charge in [0, 0.05) is 18.0 Å². The van der Waals surface area contributed by atoms with Gasteiger partial charge in [0.05, 0.1) is 11.7 Å². The number of nitrogens with zero attached hydrogens (tertiary/aromatic N) is 1. The van der Waals surface area contributed by atoms with Crippen molar-refractivity contribution in [1.82, 2.24) is 4.98 Å². The summed E-state index contributed by atoms with van der Waals surface area (Å²) in [6.07, 6.45) is 2.84. The molecule has 0 aliphatic carbocycles. The predicted octanol–water partition coefficient (Wildman–Crippen LogP) is 3.89. The van der Waals surface area contributed by atoms with E-state index in [1.807, 2.05) is 43.3 Å². The number of carboxylic acids is 1. The summed E-state index contributed by atoms with van der Waals surface area (Å²) in [6.45, 7) is 2.38. The molecule has 0 bridgehead atoms. The van der Waals surface area contributed by atoms with Gasteiger partial charge >= 0.3 is 35.5 Å². The number of hydrogen-bond acceptors (Lipinski definition) is 4. The zero-order valence-corrected chi connectivity index (χ0v) is 14.8. The summed E-state index contributed by atoms with van der Waals surface area (Å²) < 4.78 is 12.4. The van der Waals surface area contributed by atoms with Gasteiger partial charge in [0.15, 0.2) is 0 Å². The quantitative estimate of drug-likeness (QED) is 0.690. The summed E-state index contributed by atoms with van der Waals surface area (Å²) in [7, 11) is 0. The number of pyridine rings is 1. The summed E-state index contributed by atoms with van der Waals surface area (Å²) in [5, 5.41) is 9.41. The van der Waals surface area contributed by atoms with Crippen LogP contribution in [0.1, 0.15) is 51.7 Å². The third-order valence-corrected chi connectivity index (χ3v) is 4.75. The van der Waals surface area contributed by atoms with Gasteiger partial charge in [-0.1, -0.05) is 30.3 Å². The van der Waals surface area contributed by atoms with E-state index in [0.29, 0.717) is 12.4 Å². The zero-order chi connectivity index (χ0) is 18.8. The Labute approximate surface area is 185 Å². The molecule has 1 N–H and O–H groups in total.